The number of hydrogen-bond donors (Lipinski definition) is 1. The number of hydrogen-bond acceptors (Lipinski definition) is 3. The Kier molecular flexibility index (Phi) is 7.23. The van der Waals surface area contributed by atoms with Gasteiger partial charge in [0.2, 0.25) is 0 Å². The maximum atomic E-state index is 3.56. The third kappa shape index (κ3) is 5.87. The summed E-state index contributed by atoms with van der Waals surface area (Å²) in [4.78, 5) is 0. The van der Waals surface area contributed by atoms with E-state index in [1.54, 1.807) is 0 Å². The lowest BCUT2D eigenvalue weighted by Gasteiger charge is -2.21. The molecule has 1 N–H and O–H groups in total. The number of rotatable bonds is 6. The van der Waals surface area contributed by atoms with E-state index in [9.17, 15) is 0 Å². The highest BCUT2D eigenvalue weighted by Crippen LogP contribution is 2.23. The number of nitrogens with one attached hydrogen (secondary N) is 1. The fourth-order valence-corrected chi connectivity index (χ4v) is 4.06. The molecule has 0 bridgehead atoms. The van der Waals surface area contributed by atoms with Crippen LogP contribution in [0.1, 0.15) is 26.2 Å². The molecule has 1 aliphatic heterocycles. The van der Waals surface area contributed by atoms with Crippen molar-refractivity contribution in [3.63, 3.8) is 0 Å². The van der Waals surface area contributed by atoms with Crippen LogP contribution in [0.3, 0.4) is 0 Å². The third-order valence-corrected chi connectivity index (χ3v) is 5.06. The van der Waals surface area contributed by atoms with Crippen LogP contribution in [0.5, 0.6) is 0 Å². The fourth-order valence-electron chi connectivity index (χ4n) is 1.42. The van der Waals surface area contributed by atoms with Gasteiger partial charge in [0.05, 0.1) is 0 Å². The molecule has 0 saturated carbocycles. The van der Waals surface area contributed by atoms with Gasteiger partial charge in [-0.1, -0.05) is 19.8 Å². The van der Waals surface area contributed by atoms with Crippen molar-refractivity contribution in [3.8, 4) is 0 Å². The normalized spacial score (nSPS) is 23.3. The molecule has 0 aliphatic carbocycles. The van der Waals surface area contributed by atoms with Crippen molar-refractivity contribution in [2.24, 2.45) is 0 Å². The molecule has 78 valence electrons. The van der Waals surface area contributed by atoms with Gasteiger partial charge in [-0.2, -0.15) is 23.5 Å². The van der Waals surface area contributed by atoms with Gasteiger partial charge < -0.3 is 5.32 Å². The smallest absolute Gasteiger partial charge is 0.0263 e. The molecule has 13 heavy (non-hydrogen) atoms. The molecule has 1 fully saturated rings. The van der Waals surface area contributed by atoms with Crippen LogP contribution in [0.15, 0.2) is 0 Å². The number of thioether (sulfide) groups is 2. The monoisotopic (exact) mass is 219 g/mol. The summed E-state index contributed by atoms with van der Waals surface area (Å²) in [5.41, 5.74) is 0. The van der Waals surface area contributed by atoms with Crippen LogP contribution < -0.4 is 5.32 Å². The van der Waals surface area contributed by atoms with Gasteiger partial charge in [0.1, 0.15) is 0 Å². The van der Waals surface area contributed by atoms with E-state index in [-0.39, 0.29) is 0 Å². The van der Waals surface area contributed by atoms with Crippen LogP contribution in [0, 0.1) is 0 Å². The molecule has 0 aromatic heterocycles. The third-order valence-electron chi connectivity index (χ3n) is 2.21. The second kappa shape index (κ2) is 8.01. The minimum atomic E-state index is 0.875. The van der Waals surface area contributed by atoms with E-state index in [0.29, 0.717) is 0 Å². The number of unbranched alkanes of at least 4 members (excludes halogenated alkanes) is 2. The van der Waals surface area contributed by atoms with Crippen LogP contribution in [0.2, 0.25) is 0 Å². The first-order valence-corrected chi connectivity index (χ1v) is 7.54. The van der Waals surface area contributed by atoms with Crippen LogP contribution in [0.4, 0.5) is 0 Å². The van der Waals surface area contributed by atoms with Gasteiger partial charge in [0.15, 0.2) is 0 Å². The Hall–Kier alpha value is 0.660. The van der Waals surface area contributed by atoms with Crippen molar-refractivity contribution in [2.75, 3.05) is 30.3 Å². The van der Waals surface area contributed by atoms with Crippen molar-refractivity contribution in [2.45, 2.75) is 31.4 Å². The van der Waals surface area contributed by atoms with Crippen molar-refractivity contribution >= 4 is 23.5 Å². The molecular weight excluding hydrogens is 198 g/mol. The average Bonchev–Trinajstić information content (AvgIpc) is 2.19. The highest BCUT2D eigenvalue weighted by molar-refractivity contribution is 8.06. The summed E-state index contributed by atoms with van der Waals surface area (Å²) in [5.74, 6) is 4.06. The zero-order valence-corrected chi connectivity index (χ0v) is 10.2. The lowest BCUT2D eigenvalue weighted by molar-refractivity contribution is 0.617. The Labute approximate surface area is 90.8 Å². The molecule has 0 radical (unpaired) electrons. The van der Waals surface area contributed by atoms with Gasteiger partial charge >= 0.3 is 0 Å². The molecule has 1 saturated heterocycles. The van der Waals surface area contributed by atoms with Gasteiger partial charge in [-0.25, -0.2) is 0 Å². The molecule has 0 spiro atoms. The Balaban J connectivity index is 1.86. The molecule has 1 rings (SSSR count). The van der Waals surface area contributed by atoms with Gasteiger partial charge in [0, 0.05) is 29.1 Å². The van der Waals surface area contributed by atoms with E-state index < -0.39 is 0 Å². The van der Waals surface area contributed by atoms with E-state index in [1.165, 1.54) is 49.6 Å². The molecule has 1 atom stereocenters. The van der Waals surface area contributed by atoms with E-state index >= 15 is 0 Å². The molecule has 0 aromatic carbocycles. The largest absolute Gasteiger partial charge is 0.316 e. The summed E-state index contributed by atoms with van der Waals surface area (Å²) in [6, 6.07) is 0. The van der Waals surface area contributed by atoms with Gasteiger partial charge in [0.25, 0.3) is 0 Å². The van der Waals surface area contributed by atoms with Crippen molar-refractivity contribution in [3.05, 3.63) is 0 Å². The fraction of sp³-hybridized carbons (Fsp3) is 1.00. The predicted molar refractivity (Wildman–Crippen MR) is 66.0 cm³/mol. The van der Waals surface area contributed by atoms with E-state index in [1.807, 2.05) is 0 Å². The minimum absolute atomic E-state index is 0.875. The molecule has 1 heterocycles. The summed E-state index contributed by atoms with van der Waals surface area (Å²) in [5, 5.41) is 4.43. The first kappa shape index (κ1) is 11.7. The molecule has 0 aromatic rings. The standard InChI is InChI=1S/C10H21NS2/c1-2-3-4-5-11-8-10-9-12-6-7-13-10/h10-11H,2-9H2,1H3. The highest BCUT2D eigenvalue weighted by atomic mass is 32.2. The summed E-state index contributed by atoms with van der Waals surface area (Å²) in [6.07, 6.45) is 4.05. The SMILES string of the molecule is CCCCCNCC1CSCCS1. The van der Waals surface area contributed by atoms with E-state index in [0.717, 1.165) is 5.25 Å². The Morgan fingerprint density at radius 1 is 1.31 bits per heavy atom. The molecule has 1 nitrogen and oxygen atoms in total. The minimum Gasteiger partial charge on any atom is -0.316 e. The second-order valence-corrected chi connectivity index (χ2v) is 6.04. The van der Waals surface area contributed by atoms with Crippen LogP contribution in [0.25, 0.3) is 0 Å². The first-order chi connectivity index (χ1) is 6.43. The quantitative estimate of drug-likeness (QED) is 0.690. The Bertz CT molecular complexity index is 113. The summed E-state index contributed by atoms with van der Waals surface area (Å²) >= 11 is 4.25. The Morgan fingerprint density at radius 3 is 2.92 bits per heavy atom. The molecule has 1 unspecified atom stereocenters. The summed E-state index contributed by atoms with van der Waals surface area (Å²) in [6.45, 7) is 4.70. The first-order valence-electron chi connectivity index (χ1n) is 5.33. The van der Waals surface area contributed by atoms with Gasteiger partial charge in [-0.05, 0) is 13.0 Å². The van der Waals surface area contributed by atoms with Crippen molar-refractivity contribution in [1.29, 1.82) is 0 Å². The lowest BCUT2D eigenvalue weighted by atomic mass is 10.2. The van der Waals surface area contributed by atoms with Gasteiger partial charge in [-0.3, -0.25) is 0 Å². The molecular formula is C10H21NS2. The zero-order valence-electron chi connectivity index (χ0n) is 8.55. The highest BCUT2D eigenvalue weighted by Gasteiger charge is 2.12. The maximum Gasteiger partial charge on any atom is 0.0263 e. The topological polar surface area (TPSA) is 12.0 Å². The van der Waals surface area contributed by atoms with Crippen molar-refractivity contribution in [1.82, 2.24) is 5.32 Å². The predicted octanol–water partition coefficient (Wildman–Crippen LogP) is 2.61. The van der Waals surface area contributed by atoms with E-state index in [2.05, 4.69) is 35.8 Å². The molecule has 3 heteroatoms. The van der Waals surface area contributed by atoms with Crippen LogP contribution in [-0.2, 0) is 0 Å². The summed E-state index contributed by atoms with van der Waals surface area (Å²) < 4.78 is 0. The van der Waals surface area contributed by atoms with Crippen LogP contribution in [-0.4, -0.2) is 35.6 Å². The molecule has 0 amide bonds. The van der Waals surface area contributed by atoms with Crippen molar-refractivity contribution < 1.29 is 0 Å². The van der Waals surface area contributed by atoms with E-state index in [4.69, 9.17) is 0 Å². The summed E-state index contributed by atoms with van der Waals surface area (Å²) in [7, 11) is 0. The second-order valence-electron chi connectivity index (χ2n) is 3.48. The zero-order chi connectivity index (χ0) is 9.36. The Morgan fingerprint density at radius 2 is 2.23 bits per heavy atom. The average molecular weight is 219 g/mol. The van der Waals surface area contributed by atoms with Crippen LogP contribution >= 0.6 is 23.5 Å². The van der Waals surface area contributed by atoms with Gasteiger partial charge in [-0.15, -0.1) is 0 Å². The maximum absolute atomic E-state index is 3.56. The molecule has 1 aliphatic rings. The lowest BCUT2D eigenvalue weighted by Crippen LogP contribution is -2.29.